The summed E-state index contributed by atoms with van der Waals surface area (Å²) in [5.74, 6) is 2.06. The Balaban J connectivity index is 1.58. The maximum Gasteiger partial charge on any atom is 0.228 e. The minimum atomic E-state index is -0.308. The molecule has 1 amide bonds. The summed E-state index contributed by atoms with van der Waals surface area (Å²) in [4.78, 5) is 27.0. The van der Waals surface area contributed by atoms with E-state index < -0.39 is 0 Å². The summed E-state index contributed by atoms with van der Waals surface area (Å²) in [5.41, 5.74) is -0.308. The lowest BCUT2D eigenvalue weighted by Gasteiger charge is -2.33. The standard InChI is InChI=1S/C20H31N5O/c1-15(2)24-10-3-7-20(18(26)23-11-16-5-6-16)14-25(13-17(20)12-24)19-21-8-4-9-22-19/h4,8-9,15-17H,3,5-7,10-14H2,1-2H3,(H,23,26)/t17-,20+/m0/s1. The van der Waals surface area contributed by atoms with Crippen molar-refractivity contribution in [3.8, 4) is 0 Å². The first kappa shape index (κ1) is 17.7. The van der Waals surface area contributed by atoms with Crippen LogP contribution in [0.4, 0.5) is 5.95 Å². The van der Waals surface area contributed by atoms with Crippen LogP contribution in [0.2, 0.25) is 0 Å². The highest BCUT2D eigenvalue weighted by Gasteiger charge is 2.53. The first-order chi connectivity index (χ1) is 12.6. The molecule has 0 unspecified atom stereocenters. The zero-order chi connectivity index (χ0) is 18.1. The van der Waals surface area contributed by atoms with E-state index in [-0.39, 0.29) is 11.3 Å². The van der Waals surface area contributed by atoms with Gasteiger partial charge < -0.3 is 15.1 Å². The zero-order valence-electron chi connectivity index (χ0n) is 16.0. The van der Waals surface area contributed by atoms with E-state index in [2.05, 4.69) is 38.9 Å². The normalized spacial score (nSPS) is 29.5. The fraction of sp³-hybridized carbons (Fsp3) is 0.750. The molecule has 4 rings (SSSR count). The Morgan fingerprint density at radius 3 is 2.77 bits per heavy atom. The van der Waals surface area contributed by atoms with Crippen molar-refractivity contribution in [1.82, 2.24) is 20.2 Å². The molecule has 3 heterocycles. The van der Waals surface area contributed by atoms with E-state index in [4.69, 9.17) is 0 Å². The van der Waals surface area contributed by atoms with Crippen molar-refractivity contribution in [2.24, 2.45) is 17.3 Å². The highest BCUT2D eigenvalue weighted by atomic mass is 16.2. The number of hydrogen-bond donors (Lipinski definition) is 1. The molecule has 1 aromatic rings. The topological polar surface area (TPSA) is 61.4 Å². The van der Waals surface area contributed by atoms with Gasteiger partial charge in [0.25, 0.3) is 0 Å². The molecule has 2 atom stereocenters. The van der Waals surface area contributed by atoms with Crippen molar-refractivity contribution in [2.75, 3.05) is 37.6 Å². The molecule has 6 nitrogen and oxygen atoms in total. The number of carbonyl (C=O) groups excluding carboxylic acids is 1. The lowest BCUT2D eigenvalue weighted by molar-refractivity contribution is -0.132. The van der Waals surface area contributed by atoms with E-state index in [0.717, 1.165) is 51.5 Å². The second kappa shape index (κ2) is 7.14. The van der Waals surface area contributed by atoms with Crippen LogP contribution in [-0.4, -0.2) is 59.5 Å². The van der Waals surface area contributed by atoms with E-state index in [1.807, 2.05) is 6.07 Å². The Morgan fingerprint density at radius 1 is 1.31 bits per heavy atom. The Morgan fingerprint density at radius 2 is 2.08 bits per heavy atom. The van der Waals surface area contributed by atoms with Crippen LogP contribution in [0.25, 0.3) is 0 Å². The lowest BCUT2D eigenvalue weighted by Crippen LogP contribution is -2.48. The first-order valence-corrected chi connectivity index (χ1v) is 10.1. The van der Waals surface area contributed by atoms with Crippen molar-refractivity contribution in [3.63, 3.8) is 0 Å². The minimum absolute atomic E-state index is 0.262. The maximum absolute atomic E-state index is 13.3. The number of carbonyl (C=O) groups is 1. The van der Waals surface area contributed by atoms with Crippen molar-refractivity contribution >= 4 is 11.9 Å². The van der Waals surface area contributed by atoms with Gasteiger partial charge in [-0.3, -0.25) is 4.79 Å². The second-order valence-corrected chi connectivity index (χ2v) is 8.63. The molecule has 0 radical (unpaired) electrons. The molecule has 3 aliphatic rings. The third-order valence-corrected chi connectivity index (χ3v) is 6.48. The van der Waals surface area contributed by atoms with Gasteiger partial charge >= 0.3 is 0 Å². The first-order valence-electron chi connectivity index (χ1n) is 10.1. The van der Waals surface area contributed by atoms with Gasteiger partial charge in [-0.2, -0.15) is 0 Å². The SMILES string of the molecule is CC(C)N1CCC[C@@]2(C(=O)NCC3CC3)CN(c3ncccn3)C[C@@H]2C1. The molecule has 1 aromatic heterocycles. The molecule has 1 saturated carbocycles. The average molecular weight is 358 g/mol. The Kier molecular flexibility index (Phi) is 4.86. The fourth-order valence-electron chi connectivity index (χ4n) is 4.64. The average Bonchev–Trinajstić information content (AvgIpc) is 3.43. The van der Waals surface area contributed by atoms with Gasteiger partial charge in [0.15, 0.2) is 0 Å². The second-order valence-electron chi connectivity index (χ2n) is 8.63. The van der Waals surface area contributed by atoms with Crippen LogP contribution in [-0.2, 0) is 4.79 Å². The third kappa shape index (κ3) is 3.43. The number of anilines is 1. The van der Waals surface area contributed by atoms with E-state index in [1.165, 1.54) is 12.8 Å². The summed E-state index contributed by atoms with van der Waals surface area (Å²) >= 11 is 0. The largest absolute Gasteiger partial charge is 0.355 e. The fourth-order valence-corrected chi connectivity index (χ4v) is 4.64. The van der Waals surface area contributed by atoms with Crippen molar-refractivity contribution < 1.29 is 4.79 Å². The van der Waals surface area contributed by atoms with Crippen molar-refractivity contribution in [2.45, 2.75) is 45.6 Å². The molecule has 1 N–H and O–H groups in total. The predicted octanol–water partition coefficient (Wildman–Crippen LogP) is 1.93. The molecule has 26 heavy (non-hydrogen) atoms. The van der Waals surface area contributed by atoms with Gasteiger partial charge in [-0.25, -0.2) is 9.97 Å². The zero-order valence-corrected chi connectivity index (χ0v) is 16.0. The van der Waals surface area contributed by atoms with Gasteiger partial charge in [-0.1, -0.05) is 0 Å². The maximum atomic E-state index is 13.3. The summed E-state index contributed by atoms with van der Waals surface area (Å²) in [6.45, 7) is 9.04. The van der Waals surface area contributed by atoms with E-state index in [1.54, 1.807) is 12.4 Å². The lowest BCUT2D eigenvalue weighted by atomic mass is 9.74. The molecule has 3 fully saturated rings. The summed E-state index contributed by atoms with van der Waals surface area (Å²) < 4.78 is 0. The highest BCUT2D eigenvalue weighted by molar-refractivity contribution is 5.84. The molecular formula is C20H31N5O. The molecule has 6 heteroatoms. The summed E-state index contributed by atoms with van der Waals surface area (Å²) in [7, 11) is 0. The monoisotopic (exact) mass is 357 g/mol. The number of nitrogens with one attached hydrogen (secondary N) is 1. The van der Waals surface area contributed by atoms with Gasteiger partial charge in [-0.05, 0) is 58.1 Å². The van der Waals surface area contributed by atoms with Gasteiger partial charge in [0.2, 0.25) is 11.9 Å². The molecule has 0 bridgehead atoms. The minimum Gasteiger partial charge on any atom is -0.355 e. The molecule has 1 aliphatic carbocycles. The van der Waals surface area contributed by atoms with Crippen LogP contribution in [0.15, 0.2) is 18.5 Å². The molecule has 142 valence electrons. The number of amides is 1. The number of fused-ring (bicyclic) bond motifs is 1. The van der Waals surface area contributed by atoms with Crippen LogP contribution in [0, 0.1) is 17.3 Å². The Hall–Kier alpha value is -1.69. The van der Waals surface area contributed by atoms with Gasteiger partial charge in [0.1, 0.15) is 0 Å². The summed E-state index contributed by atoms with van der Waals surface area (Å²) in [6.07, 6.45) is 8.15. The molecule has 0 spiro atoms. The number of likely N-dealkylation sites (tertiary alicyclic amines) is 1. The van der Waals surface area contributed by atoms with Crippen molar-refractivity contribution in [1.29, 1.82) is 0 Å². The quantitative estimate of drug-likeness (QED) is 0.872. The molecular weight excluding hydrogens is 326 g/mol. The van der Waals surface area contributed by atoms with Crippen molar-refractivity contribution in [3.05, 3.63) is 18.5 Å². The van der Waals surface area contributed by atoms with Gasteiger partial charge in [0, 0.05) is 50.5 Å². The van der Waals surface area contributed by atoms with Crippen LogP contribution >= 0.6 is 0 Å². The van der Waals surface area contributed by atoms with Crippen LogP contribution in [0.1, 0.15) is 39.5 Å². The molecule has 0 aromatic carbocycles. The number of aromatic nitrogens is 2. The number of rotatable bonds is 5. The highest BCUT2D eigenvalue weighted by Crippen LogP contribution is 2.44. The summed E-state index contributed by atoms with van der Waals surface area (Å²) in [6, 6.07) is 2.36. The van der Waals surface area contributed by atoms with Gasteiger partial charge in [-0.15, -0.1) is 0 Å². The van der Waals surface area contributed by atoms with E-state index in [0.29, 0.717) is 17.9 Å². The predicted molar refractivity (Wildman–Crippen MR) is 102 cm³/mol. The van der Waals surface area contributed by atoms with Crippen LogP contribution < -0.4 is 10.2 Å². The van der Waals surface area contributed by atoms with E-state index in [9.17, 15) is 4.79 Å². The number of nitrogens with zero attached hydrogens (tertiary/aromatic N) is 4. The molecule has 2 saturated heterocycles. The summed E-state index contributed by atoms with van der Waals surface area (Å²) in [5, 5.41) is 3.30. The van der Waals surface area contributed by atoms with E-state index >= 15 is 0 Å². The van der Waals surface area contributed by atoms with Gasteiger partial charge in [0.05, 0.1) is 5.41 Å². The third-order valence-electron chi connectivity index (χ3n) is 6.48. The van der Waals surface area contributed by atoms with Crippen LogP contribution in [0.5, 0.6) is 0 Å². The molecule has 2 aliphatic heterocycles. The Labute approximate surface area is 156 Å². The number of hydrogen-bond acceptors (Lipinski definition) is 5. The van der Waals surface area contributed by atoms with Crippen LogP contribution in [0.3, 0.4) is 0 Å². The Bertz CT molecular complexity index is 632. The smallest absolute Gasteiger partial charge is 0.228 e.